The maximum absolute atomic E-state index is 12.1. The molecule has 0 aliphatic heterocycles. The van der Waals surface area contributed by atoms with E-state index in [9.17, 15) is 13.5 Å². The fourth-order valence-corrected chi connectivity index (χ4v) is 3.31. The van der Waals surface area contributed by atoms with Gasteiger partial charge >= 0.3 is 0 Å². The lowest BCUT2D eigenvalue weighted by Crippen LogP contribution is -2.33. The predicted molar refractivity (Wildman–Crippen MR) is 76.6 cm³/mol. The molecule has 0 spiro atoms. The van der Waals surface area contributed by atoms with Crippen LogP contribution in [0.5, 0.6) is 0 Å². The smallest absolute Gasteiger partial charge is 0.240 e. The molecular formula is C14H23NO3S. The molecule has 0 aromatic heterocycles. The Morgan fingerprint density at radius 3 is 2.42 bits per heavy atom. The third-order valence-corrected chi connectivity index (χ3v) is 4.46. The highest BCUT2D eigenvalue weighted by molar-refractivity contribution is 7.89. The minimum absolute atomic E-state index is 0.0494. The molecule has 1 aromatic carbocycles. The first-order valence-electron chi connectivity index (χ1n) is 6.47. The Kier molecular flexibility index (Phi) is 5.52. The van der Waals surface area contributed by atoms with Gasteiger partial charge in [0, 0.05) is 6.54 Å². The summed E-state index contributed by atoms with van der Waals surface area (Å²) in [5, 5.41) is 9.72. The van der Waals surface area contributed by atoms with E-state index in [4.69, 9.17) is 0 Å². The number of aliphatic hydroxyl groups is 1. The van der Waals surface area contributed by atoms with Crippen molar-refractivity contribution in [2.24, 2.45) is 5.92 Å². The third-order valence-electron chi connectivity index (χ3n) is 2.87. The molecule has 1 unspecified atom stereocenters. The molecule has 0 amide bonds. The predicted octanol–water partition coefficient (Wildman–Crippen LogP) is 1.99. The minimum atomic E-state index is -3.55. The van der Waals surface area contributed by atoms with Gasteiger partial charge in [0.1, 0.15) is 0 Å². The van der Waals surface area contributed by atoms with Crippen molar-refractivity contribution in [1.29, 1.82) is 0 Å². The number of hydrogen-bond donors (Lipinski definition) is 2. The summed E-state index contributed by atoms with van der Waals surface area (Å²) in [6.07, 6.45) is -0.0735. The zero-order valence-corrected chi connectivity index (χ0v) is 12.8. The zero-order valence-electron chi connectivity index (χ0n) is 12.0. The summed E-state index contributed by atoms with van der Waals surface area (Å²) in [4.78, 5) is 0.273. The van der Waals surface area contributed by atoms with Crippen LogP contribution < -0.4 is 4.72 Å². The quantitative estimate of drug-likeness (QED) is 0.840. The Balaban J connectivity index is 2.76. The van der Waals surface area contributed by atoms with Crippen LogP contribution in [0.4, 0.5) is 0 Å². The van der Waals surface area contributed by atoms with E-state index < -0.39 is 16.1 Å². The van der Waals surface area contributed by atoms with Gasteiger partial charge in [0.25, 0.3) is 0 Å². The van der Waals surface area contributed by atoms with E-state index in [0.717, 1.165) is 5.56 Å². The molecule has 0 bridgehead atoms. The summed E-state index contributed by atoms with van der Waals surface area (Å²) in [6, 6.07) is 5.20. The molecule has 0 aliphatic carbocycles. The number of rotatable bonds is 6. The second-order valence-corrected chi connectivity index (χ2v) is 7.14. The number of aliphatic hydroxyl groups excluding tert-OH is 1. The number of hydrogen-bond acceptors (Lipinski definition) is 3. The molecule has 4 nitrogen and oxygen atoms in total. The van der Waals surface area contributed by atoms with Crippen LogP contribution in [0.2, 0.25) is 0 Å². The van der Waals surface area contributed by atoms with Crippen LogP contribution >= 0.6 is 0 Å². The van der Waals surface area contributed by atoms with Crippen LogP contribution in [-0.2, 0) is 10.0 Å². The summed E-state index contributed by atoms with van der Waals surface area (Å²) < 4.78 is 26.7. The lowest BCUT2D eigenvalue weighted by Gasteiger charge is -2.15. The average Bonchev–Trinajstić information content (AvgIpc) is 2.25. The van der Waals surface area contributed by atoms with Crippen molar-refractivity contribution in [3.8, 4) is 0 Å². The van der Waals surface area contributed by atoms with Gasteiger partial charge in [-0.25, -0.2) is 13.1 Å². The highest BCUT2D eigenvalue weighted by Gasteiger charge is 2.18. The second-order valence-electron chi connectivity index (χ2n) is 5.40. The van der Waals surface area contributed by atoms with E-state index in [0.29, 0.717) is 17.9 Å². The number of benzene rings is 1. The van der Waals surface area contributed by atoms with Crippen molar-refractivity contribution in [2.45, 2.75) is 45.1 Å². The lowest BCUT2D eigenvalue weighted by atomic mass is 10.1. The van der Waals surface area contributed by atoms with Crippen LogP contribution in [-0.4, -0.2) is 26.2 Å². The van der Waals surface area contributed by atoms with Crippen molar-refractivity contribution in [3.63, 3.8) is 0 Å². The van der Waals surface area contributed by atoms with Crippen molar-refractivity contribution in [3.05, 3.63) is 29.3 Å². The van der Waals surface area contributed by atoms with E-state index in [1.165, 1.54) is 0 Å². The standard InChI is InChI=1S/C14H23NO3S/c1-10(2)7-13(16)9-15-19(17,18)14-6-5-11(3)8-12(14)4/h5-6,8,10,13,15-16H,7,9H2,1-4H3. The fourth-order valence-electron chi connectivity index (χ4n) is 2.01. The average molecular weight is 285 g/mol. The van der Waals surface area contributed by atoms with Gasteiger partial charge in [-0.15, -0.1) is 0 Å². The monoisotopic (exact) mass is 285 g/mol. The molecule has 2 N–H and O–H groups in total. The maximum atomic E-state index is 12.1. The Hall–Kier alpha value is -0.910. The highest BCUT2D eigenvalue weighted by atomic mass is 32.2. The maximum Gasteiger partial charge on any atom is 0.240 e. The summed E-state index contributed by atoms with van der Waals surface area (Å²) in [7, 11) is -3.55. The van der Waals surface area contributed by atoms with Crippen molar-refractivity contribution < 1.29 is 13.5 Å². The second kappa shape index (κ2) is 6.50. The van der Waals surface area contributed by atoms with Crippen LogP contribution in [0.1, 0.15) is 31.4 Å². The molecule has 1 rings (SSSR count). The lowest BCUT2D eigenvalue weighted by molar-refractivity contribution is 0.152. The molecule has 0 aliphatic rings. The minimum Gasteiger partial charge on any atom is -0.392 e. The molecule has 19 heavy (non-hydrogen) atoms. The fraction of sp³-hybridized carbons (Fsp3) is 0.571. The summed E-state index contributed by atoms with van der Waals surface area (Å²) in [5.41, 5.74) is 1.74. The molecule has 1 aromatic rings. The number of nitrogens with one attached hydrogen (secondary N) is 1. The molecule has 0 saturated heterocycles. The van der Waals surface area contributed by atoms with E-state index in [1.54, 1.807) is 19.1 Å². The van der Waals surface area contributed by atoms with Gasteiger partial charge in [-0.2, -0.15) is 0 Å². The van der Waals surface area contributed by atoms with Crippen LogP contribution in [0.3, 0.4) is 0 Å². The molecule has 0 saturated carbocycles. The van der Waals surface area contributed by atoms with Crippen LogP contribution in [0.25, 0.3) is 0 Å². The van der Waals surface area contributed by atoms with E-state index >= 15 is 0 Å². The summed E-state index contributed by atoms with van der Waals surface area (Å²) >= 11 is 0. The largest absolute Gasteiger partial charge is 0.392 e. The van der Waals surface area contributed by atoms with E-state index in [1.807, 2.05) is 26.8 Å². The molecule has 5 heteroatoms. The van der Waals surface area contributed by atoms with Crippen molar-refractivity contribution >= 4 is 10.0 Å². The Morgan fingerprint density at radius 2 is 1.89 bits per heavy atom. The molecular weight excluding hydrogens is 262 g/mol. The van der Waals surface area contributed by atoms with E-state index in [-0.39, 0.29) is 11.4 Å². The van der Waals surface area contributed by atoms with Crippen molar-refractivity contribution in [2.75, 3.05) is 6.54 Å². The van der Waals surface area contributed by atoms with Crippen LogP contribution in [0, 0.1) is 19.8 Å². The molecule has 108 valence electrons. The van der Waals surface area contributed by atoms with Gasteiger partial charge in [0.15, 0.2) is 0 Å². The van der Waals surface area contributed by atoms with Crippen molar-refractivity contribution in [1.82, 2.24) is 4.72 Å². The first kappa shape index (κ1) is 16.1. The summed E-state index contributed by atoms with van der Waals surface area (Å²) in [6.45, 7) is 7.72. The Morgan fingerprint density at radius 1 is 1.26 bits per heavy atom. The van der Waals surface area contributed by atoms with Gasteiger partial charge in [-0.1, -0.05) is 31.5 Å². The van der Waals surface area contributed by atoms with E-state index in [2.05, 4.69) is 4.72 Å². The van der Waals surface area contributed by atoms with Crippen LogP contribution in [0.15, 0.2) is 23.1 Å². The zero-order chi connectivity index (χ0) is 14.6. The molecule has 0 fully saturated rings. The topological polar surface area (TPSA) is 66.4 Å². The first-order chi connectivity index (χ1) is 8.72. The molecule has 0 radical (unpaired) electrons. The number of aryl methyl sites for hydroxylation is 2. The Bertz CT molecular complexity index is 523. The summed E-state index contributed by atoms with van der Waals surface area (Å²) in [5.74, 6) is 0.334. The highest BCUT2D eigenvalue weighted by Crippen LogP contribution is 2.16. The molecule has 1 atom stereocenters. The van der Waals surface area contributed by atoms with Gasteiger partial charge in [-0.3, -0.25) is 0 Å². The van der Waals surface area contributed by atoms with Gasteiger partial charge in [0.2, 0.25) is 10.0 Å². The van der Waals surface area contributed by atoms with Gasteiger partial charge in [-0.05, 0) is 37.8 Å². The molecule has 0 heterocycles. The SMILES string of the molecule is Cc1ccc(S(=O)(=O)NCC(O)CC(C)C)c(C)c1. The van der Waals surface area contributed by atoms with Gasteiger partial charge < -0.3 is 5.11 Å². The third kappa shape index (κ3) is 4.93. The normalized spacial score (nSPS) is 13.8. The van der Waals surface area contributed by atoms with Gasteiger partial charge in [0.05, 0.1) is 11.0 Å². The Labute approximate surface area is 115 Å². The first-order valence-corrected chi connectivity index (χ1v) is 7.95. The number of sulfonamides is 1.